The Morgan fingerprint density at radius 1 is 1.35 bits per heavy atom. The Hall–Kier alpha value is -1.59. The van der Waals surface area contributed by atoms with Crippen LogP contribution in [0.25, 0.3) is 0 Å². The number of para-hydroxylation sites is 1. The van der Waals surface area contributed by atoms with E-state index in [9.17, 15) is 4.79 Å². The summed E-state index contributed by atoms with van der Waals surface area (Å²) >= 11 is 0. The quantitative estimate of drug-likeness (QED) is 0.797. The zero-order valence-corrected chi connectivity index (χ0v) is 13.8. The van der Waals surface area contributed by atoms with Crippen LogP contribution in [-0.2, 0) is 11.3 Å². The number of nitrogens with two attached hydrogens (primary N) is 1. The lowest BCUT2D eigenvalue weighted by Gasteiger charge is -2.18. The van der Waals surface area contributed by atoms with Gasteiger partial charge >= 0.3 is 0 Å². The topological polar surface area (TPSA) is 67.6 Å². The monoisotopic (exact) mass is 317 g/mol. The summed E-state index contributed by atoms with van der Waals surface area (Å²) < 4.78 is 5.75. The maximum atomic E-state index is 11.8. The minimum Gasteiger partial charge on any atom is -0.483 e. The molecule has 2 atom stereocenters. The number of rotatable bonds is 7. The molecule has 0 radical (unpaired) electrons. The van der Waals surface area contributed by atoms with Gasteiger partial charge in [0, 0.05) is 37.8 Å². The van der Waals surface area contributed by atoms with Crippen molar-refractivity contribution in [3.63, 3.8) is 0 Å². The van der Waals surface area contributed by atoms with Crippen molar-refractivity contribution in [1.29, 1.82) is 0 Å². The molecule has 0 bridgehead atoms. The molecule has 1 amide bonds. The molecule has 0 aromatic heterocycles. The number of benzene rings is 1. The van der Waals surface area contributed by atoms with Crippen molar-refractivity contribution < 1.29 is 9.53 Å². The molecule has 126 valence electrons. The van der Waals surface area contributed by atoms with Gasteiger partial charge in [-0.2, -0.15) is 0 Å². The predicted octanol–water partition coefficient (Wildman–Crippen LogP) is 1.37. The summed E-state index contributed by atoms with van der Waals surface area (Å²) in [5, 5.41) is 2.93. The minimum atomic E-state index is -0.0384. The third kappa shape index (κ3) is 4.69. The van der Waals surface area contributed by atoms with Crippen molar-refractivity contribution in [1.82, 2.24) is 10.2 Å². The van der Waals surface area contributed by atoms with Crippen molar-refractivity contribution in [2.45, 2.75) is 32.4 Å². The van der Waals surface area contributed by atoms with Crippen molar-refractivity contribution in [3.05, 3.63) is 29.8 Å². The number of nitrogens with zero attached hydrogens (tertiary/aromatic N) is 1. The van der Waals surface area contributed by atoms with Crippen LogP contribution in [-0.4, -0.2) is 43.1 Å². The van der Waals surface area contributed by atoms with Crippen LogP contribution in [0, 0.1) is 11.8 Å². The first kappa shape index (κ1) is 16.3. The van der Waals surface area contributed by atoms with Crippen LogP contribution >= 0.6 is 0 Å². The van der Waals surface area contributed by atoms with E-state index in [1.54, 1.807) is 0 Å². The second kappa shape index (κ2) is 7.32. The van der Waals surface area contributed by atoms with Crippen LogP contribution in [0.15, 0.2) is 24.3 Å². The van der Waals surface area contributed by atoms with E-state index < -0.39 is 0 Å². The third-order valence-electron chi connectivity index (χ3n) is 4.76. The van der Waals surface area contributed by atoms with E-state index in [1.165, 1.54) is 12.8 Å². The molecule has 1 saturated carbocycles. The van der Waals surface area contributed by atoms with Crippen LogP contribution in [0.4, 0.5) is 0 Å². The number of likely N-dealkylation sites (tertiary alicyclic amines) is 1. The third-order valence-corrected chi connectivity index (χ3v) is 4.76. The number of hydrogen-bond acceptors (Lipinski definition) is 4. The van der Waals surface area contributed by atoms with Gasteiger partial charge in [-0.1, -0.05) is 25.1 Å². The Balaban J connectivity index is 1.51. The first-order chi connectivity index (χ1) is 11.1. The lowest BCUT2D eigenvalue weighted by atomic mass is 10.1. The lowest BCUT2D eigenvalue weighted by molar-refractivity contribution is -0.123. The second-order valence-corrected chi connectivity index (χ2v) is 6.98. The standard InChI is InChI=1S/C18H27N3O2/c1-13-9-21(11-16(13)19)10-15-4-2-3-5-17(15)23-12-18(22)20-8-14-6-7-14/h2-5,13-14,16H,6-12,19H2,1H3,(H,20,22). The van der Waals surface area contributed by atoms with Crippen LogP contribution in [0.3, 0.4) is 0 Å². The van der Waals surface area contributed by atoms with Crippen molar-refractivity contribution >= 4 is 5.91 Å². The van der Waals surface area contributed by atoms with E-state index in [0.29, 0.717) is 11.8 Å². The lowest BCUT2D eigenvalue weighted by Crippen LogP contribution is -2.31. The Morgan fingerprint density at radius 3 is 2.83 bits per heavy atom. The number of ether oxygens (including phenoxy) is 1. The van der Waals surface area contributed by atoms with Gasteiger partial charge in [-0.05, 0) is 30.7 Å². The van der Waals surface area contributed by atoms with Crippen molar-refractivity contribution in [2.24, 2.45) is 17.6 Å². The molecule has 0 spiro atoms. The predicted molar refractivity (Wildman–Crippen MR) is 90.1 cm³/mol. The summed E-state index contributed by atoms with van der Waals surface area (Å²) in [5.41, 5.74) is 7.21. The molecule has 1 aliphatic carbocycles. The Labute approximate surface area is 138 Å². The van der Waals surface area contributed by atoms with E-state index >= 15 is 0 Å². The fourth-order valence-electron chi connectivity index (χ4n) is 3.02. The molecule has 23 heavy (non-hydrogen) atoms. The van der Waals surface area contributed by atoms with Gasteiger partial charge in [-0.25, -0.2) is 0 Å². The highest BCUT2D eigenvalue weighted by Crippen LogP contribution is 2.27. The van der Waals surface area contributed by atoms with Crippen LogP contribution in [0.5, 0.6) is 5.75 Å². The summed E-state index contributed by atoms with van der Waals surface area (Å²) in [6, 6.07) is 8.19. The van der Waals surface area contributed by atoms with E-state index in [2.05, 4.69) is 23.2 Å². The van der Waals surface area contributed by atoms with Gasteiger partial charge in [0.2, 0.25) is 0 Å². The largest absolute Gasteiger partial charge is 0.483 e. The van der Waals surface area contributed by atoms with Gasteiger partial charge in [0.15, 0.2) is 6.61 Å². The van der Waals surface area contributed by atoms with Crippen LogP contribution in [0.2, 0.25) is 0 Å². The van der Waals surface area contributed by atoms with Gasteiger partial charge in [0.1, 0.15) is 5.75 Å². The zero-order valence-electron chi connectivity index (χ0n) is 13.8. The molecule has 2 aliphatic rings. The molecule has 3 rings (SSSR count). The first-order valence-electron chi connectivity index (χ1n) is 8.57. The zero-order chi connectivity index (χ0) is 16.2. The maximum absolute atomic E-state index is 11.8. The highest BCUT2D eigenvalue weighted by atomic mass is 16.5. The maximum Gasteiger partial charge on any atom is 0.257 e. The summed E-state index contributed by atoms with van der Waals surface area (Å²) in [6.45, 7) is 5.80. The van der Waals surface area contributed by atoms with E-state index in [4.69, 9.17) is 10.5 Å². The summed E-state index contributed by atoms with van der Waals surface area (Å²) in [7, 11) is 0. The normalized spacial score (nSPS) is 24.6. The Bertz CT molecular complexity index is 535. The number of nitrogens with one attached hydrogen (secondary N) is 1. The first-order valence-corrected chi connectivity index (χ1v) is 8.57. The molecular weight excluding hydrogens is 290 g/mol. The fraction of sp³-hybridized carbons (Fsp3) is 0.611. The number of amides is 1. The van der Waals surface area contributed by atoms with Gasteiger partial charge in [0.05, 0.1) is 0 Å². The average molecular weight is 317 g/mol. The number of carbonyl (C=O) groups is 1. The smallest absolute Gasteiger partial charge is 0.257 e. The highest BCUT2D eigenvalue weighted by molar-refractivity contribution is 5.77. The van der Waals surface area contributed by atoms with E-state index in [1.807, 2.05) is 18.2 Å². The molecular formula is C18H27N3O2. The number of hydrogen-bond donors (Lipinski definition) is 2. The molecule has 1 aromatic carbocycles. The molecule has 2 unspecified atom stereocenters. The van der Waals surface area contributed by atoms with Gasteiger partial charge in [-0.3, -0.25) is 9.69 Å². The summed E-state index contributed by atoms with van der Waals surface area (Å²) in [4.78, 5) is 14.2. The molecule has 1 aromatic rings. The Morgan fingerprint density at radius 2 is 2.13 bits per heavy atom. The number of carbonyl (C=O) groups excluding carboxylic acids is 1. The Kier molecular flexibility index (Phi) is 5.18. The minimum absolute atomic E-state index is 0.0384. The van der Waals surface area contributed by atoms with Gasteiger partial charge in [0.25, 0.3) is 5.91 Å². The fourth-order valence-corrected chi connectivity index (χ4v) is 3.02. The van der Waals surface area contributed by atoms with E-state index in [0.717, 1.165) is 37.5 Å². The van der Waals surface area contributed by atoms with Crippen molar-refractivity contribution in [2.75, 3.05) is 26.2 Å². The molecule has 1 saturated heterocycles. The molecule has 3 N–H and O–H groups in total. The van der Waals surface area contributed by atoms with Gasteiger partial charge < -0.3 is 15.8 Å². The van der Waals surface area contributed by atoms with Crippen LogP contribution in [0.1, 0.15) is 25.3 Å². The molecule has 1 heterocycles. The molecule has 1 aliphatic heterocycles. The molecule has 5 heteroatoms. The molecule has 2 fully saturated rings. The molecule has 5 nitrogen and oxygen atoms in total. The average Bonchev–Trinajstić information content (AvgIpc) is 3.31. The van der Waals surface area contributed by atoms with Crippen LogP contribution < -0.4 is 15.8 Å². The highest BCUT2D eigenvalue weighted by Gasteiger charge is 2.27. The summed E-state index contributed by atoms with van der Waals surface area (Å²) in [6.07, 6.45) is 2.47. The second-order valence-electron chi connectivity index (χ2n) is 6.98. The van der Waals surface area contributed by atoms with E-state index in [-0.39, 0.29) is 18.6 Å². The SMILES string of the molecule is CC1CN(Cc2ccccc2OCC(=O)NCC2CC2)CC1N. The summed E-state index contributed by atoms with van der Waals surface area (Å²) in [5.74, 6) is 1.97. The van der Waals surface area contributed by atoms with Gasteiger partial charge in [-0.15, -0.1) is 0 Å². The van der Waals surface area contributed by atoms with Crippen molar-refractivity contribution in [3.8, 4) is 5.75 Å².